The fourth-order valence-corrected chi connectivity index (χ4v) is 12.2. The summed E-state index contributed by atoms with van der Waals surface area (Å²) < 4.78 is 141. The largest absolute Gasteiger partial charge is 0.493 e. The number of rotatable bonds is 19. The molecule has 77 heavy (non-hydrogen) atoms. The third kappa shape index (κ3) is 13.0. The van der Waals surface area contributed by atoms with Crippen molar-refractivity contribution in [1.82, 2.24) is 14.4 Å². The number of pyridine rings is 1. The molecule has 26 nitrogen and oxygen atoms in total. The number of ether oxygens (including phenoxy) is 1. The van der Waals surface area contributed by atoms with Gasteiger partial charge in [-0.25, -0.2) is 9.97 Å². The number of imidazole rings is 1. The van der Waals surface area contributed by atoms with Gasteiger partial charge in [0.05, 0.1) is 56.0 Å². The summed E-state index contributed by atoms with van der Waals surface area (Å²) >= 11 is 1.91. The van der Waals surface area contributed by atoms with Crippen molar-refractivity contribution in [3.63, 3.8) is 0 Å². The van der Waals surface area contributed by atoms with Gasteiger partial charge in [-0.15, -0.1) is 37.3 Å². The van der Waals surface area contributed by atoms with Crippen molar-refractivity contribution in [1.29, 1.82) is 5.26 Å². The van der Waals surface area contributed by atoms with E-state index in [1.807, 2.05) is 6.08 Å². The molecule has 0 saturated heterocycles. The zero-order chi connectivity index (χ0) is 55.8. The van der Waals surface area contributed by atoms with Crippen molar-refractivity contribution in [3.8, 4) is 17.7 Å². The van der Waals surface area contributed by atoms with Crippen molar-refractivity contribution in [3.05, 3.63) is 82.7 Å². The molecule has 32 heteroatoms. The number of nitrogens with one attached hydrogen (secondary N) is 1. The Kier molecular flexibility index (Phi) is 16.0. The predicted octanol–water partition coefficient (Wildman–Crippen LogP) is 9.98. The molecule has 1 aliphatic carbocycles. The third-order valence-corrected chi connectivity index (χ3v) is 16.8. The molecule has 4 aromatic carbocycles. The lowest BCUT2D eigenvalue weighted by Gasteiger charge is -2.13. The van der Waals surface area contributed by atoms with Gasteiger partial charge in [0.25, 0.3) is 40.5 Å². The highest BCUT2D eigenvalue weighted by atomic mass is 32.2. The smallest absolute Gasteiger partial charge is 0.295 e. The van der Waals surface area contributed by atoms with Crippen LogP contribution in [0.4, 0.5) is 39.3 Å². The summed E-state index contributed by atoms with van der Waals surface area (Å²) in [5.41, 5.74) is 2.94. The number of aromatic nitrogens is 3. The number of aryl methyl sites for hydroxylation is 2. The van der Waals surface area contributed by atoms with Gasteiger partial charge in [0, 0.05) is 34.2 Å². The van der Waals surface area contributed by atoms with Crippen LogP contribution in [0, 0.1) is 25.2 Å². The second-order valence-electron chi connectivity index (χ2n) is 16.9. The Balaban J connectivity index is 1.19. The fourth-order valence-electron chi connectivity index (χ4n) is 7.84. The standard InChI is InChI=1S/C45H41N11O15S6/c1-23-16-35(52-54-41-24(2)29(22-46)43-48-30-8-4-5-9-37(30)56(43)44(41)58)38(71-12-6-14-74(59,60)61)20-32(23)50-53-36-19-33(47-25(3)57)34(21-39(36)72-13-7-15-75(62,63)64)51-55-45-49-31-11-10-27-28(42(31)73-45)17-26(76(65,66)67)18-40(27)77(68,69)70/h5,9-11,16-21,58H,4,6-8,12-15H2,1-3H3,(H,47,57)(H,59,60,61)(H,62,63,64)(H,65,66,67)(H,68,69,70). The first kappa shape index (κ1) is 56.0. The molecule has 0 saturated carbocycles. The van der Waals surface area contributed by atoms with Crippen LogP contribution in [0.5, 0.6) is 11.6 Å². The number of hydrogen-bond donors (Lipinski definition) is 6. The van der Waals surface area contributed by atoms with E-state index >= 15 is 0 Å². The molecule has 6 N–H and O–H groups in total. The van der Waals surface area contributed by atoms with Crippen LogP contribution < -0.4 is 10.1 Å². The van der Waals surface area contributed by atoms with E-state index in [-0.39, 0.29) is 114 Å². The van der Waals surface area contributed by atoms with E-state index in [4.69, 9.17) is 4.74 Å². The Morgan fingerprint density at radius 2 is 1.53 bits per heavy atom. The minimum absolute atomic E-state index is 0.000371. The van der Waals surface area contributed by atoms with Crippen LogP contribution in [0.15, 0.2) is 100.0 Å². The topological polar surface area (TPSA) is 404 Å². The summed E-state index contributed by atoms with van der Waals surface area (Å²) in [4.78, 5) is 20.3. The number of carbonyl (C=O) groups excluding carboxylic acids is 1. The minimum Gasteiger partial charge on any atom is -0.493 e. The molecule has 8 rings (SSSR count). The first-order valence-corrected chi connectivity index (χ1v) is 30.3. The number of azo groups is 3. The molecule has 402 valence electrons. The van der Waals surface area contributed by atoms with Crippen LogP contribution in [0.3, 0.4) is 0 Å². The zero-order valence-corrected chi connectivity index (χ0v) is 45.1. The lowest BCUT2D eigenvalue weighted by molar-refractivity contribution is -0.114. The summed E-state index contributed by atoms with van der Waals surface area (Å²) in [6.45, 7) is 4.19. The molecule has 3 heterocycles. The van der Waals surface area contributed by atoms with Crippen molar-refractivity contribution < 1.29 is 66.5 Å². The van der Waals surface area contributed by atoms with Gasteiger partial charge in [0.15, 0.2) is 11.3 Å². The normalized spacial score (nSPS) is 13.4. The molecule has 0 bridgehead atoms. The maximum atomic E-state index is 12.6. The highest BCUT2D eigenvalue weighted by Gasteiger charge is 2.26. The maximum absolute atomic E-state index is 12.6. The van der Waals surface area contributed by atoms with Crippen molar-refractivity contribution in [2.75, 3.05) is 29.2 Å². The number of hydrogen-bond acceptors (Lipinski definition) is 22. The highest BCUT2D eigenvalue weighted by Crippen LogP contribution is 2.45. The molecule has 0 unspecified atom stereocenters. The molecular formula is C45H41N11O15S6. The van der Waals surface area contributed by atoms with Gasteiger partial charge in [0.2, 0.25) is 16.9 Å². The van der Waals surface area contributed by atoms with E-state index in [1.165, 1.54) is 47.7 Å². The maximum Gasteiger partial charge on any atom is 0.295 e. The first-order chi connectivity index (χ1) is 36.2. The van der Waals surface area contributed by atoms with E-state index in [0.717, 1.165) is 35.6 Å². The predicted molar refractivity (Wildman–Crippen MR) is 283 cm³/mol. The van der Waals surface area contributed by atoms with Crippen LogP contribution in [0.1, 0.15) is 54.3 Å². The number of fused-ring (bicyclic) bond motifs is 6. The number of amides is 1. The zero-order valence-electron chi connectivity index (χ0n) is 40.2. The summed E-state index contributed by atoms with van der Waals surface area (Å²) in [6.07, 6.45) is 4.84. The number of aromatic hydroxyl groups is 1. The fraction of sp³-hybridized carbons (Fsp3) is 0.244. The number of benzene rings is 4. The van der Waals surface area contributed by atoms with Crippen LogP contribution in [0.2, 0.25) is 0 Å². The van der Waals surface area contributed by atoms with Crippen LogP contribution in [0.25, 0.3) is 32.7 Å². The molecule has 1 aliphatic rings. The van der Waals surface area contributed by atoms with E-state index in [1.54, 1.807) is 19.9 Å². The van der Waals surface area contributed by atoms with Gasteiger partial charge in [-0.1, -0.05) is 23.5 Å². The summed E-state index contributed by atoms with van der Waals surface area (Å²) in [5, 5.41) is 50.4. The molecule has 3 aromatic heterocycles. The molecular weight excluding hydrogens is 1130 g/mol. The molecule has 0 aliphatic heterocycles. The van der Waals surface area contributed by atoms with Gasteiger partial charge >= 0.3 is 0 Å². The highest BCUT2D eigenvalue weighted by molar-refractivity contribution is 7.99. The molecule has 0 fully saturated rings. The van der Waals surface area contributed by atoms with Crippen molar-refractivity contribution in [2.45, 2.75) is 61.1 Å². The molecule has 7 aromatic rings. The average molecular weight is 1170 g/mol. The minimum atomic E-state index is -5.00. The number of thioether (sulfide) groups is 1. The Morgan fingerprint density at radius 1 is 0.831 bits per heavy atom. The van der Waals surface area contributed by atoms with Gasteiger partial charge in [-0.3, -0.25) is 27.4 Å². The lowest BCUT2D eigenvalue weighted by Crippen LogP contribution is -2.08. The number of allylic oxidation sites excluding steroid dienone is 1. The van der Waals surface area contributed by atoms with Crippen molar-refractivity contribution >= 4 is 141 Å². The van der Waals surface area contributed by atoms with E-state index in [2.05, 4.69) is 52.0 Å². The lowest BCUT2D eigenvalue weighted by atomic mass is 10.1. The van der Waals surface area contributed by atoms with Gasteiger partial charge in [-0.05, 0) is 93.3 Å². The molecule has 0 radical (unpaired) electrons. The number of nitrogens with zero attached hydrogens (tertiary/aromatic N) is 10. The Labute approximate surface area is 446 Å². The van der Waals surface area contributed by atoms with E-state index in [9.17, 15) is 67.0 Å². The number of thiazole rings is 1. The average Bonchev–Trinajstić information content (AvgIpc) is 4.02. The number of carbonyl (C=O) groups is 1. The summed E-state index contributed by atoms with van der Waals surface area (Å²) in [6, 6.07) is 12.2. The SMILES string of the molecule is CC(=O)Nc1cc(N=Nc2cc(OCCCS(=O)(=O)O)c(N=Nc3c(C)c(C#N)c4nc5c(n4c3O)C=CCC5)cc2C)c(SCCCS(=O)(=O)O)cc1N=Nc1nc2ccc3c(S(=O)(=O)O)cc(S(=O)(=O)O)cc3c2s1. The Morgan fingerprint density at radius 3 is 2.22 bits per heavy atom. The number of anilines is 1. The summed E-state index contributed by atoms with van der Waals surface area (Å²) in [5.74, 6) is -2.01. The second-order valence-corrected chi connectivity index (χ2v) is 25.0. The van der Waals surface area contributed by atoms with Gasteiger partial charge in [-0.2, -0.15) is 44.0 Å². The van der Waals surface area contributed by atoms with Gasteiger partial charge in [0.1, 0.15) is 39.3 Å². The van der Waals surface area contributed by atoms with Crippen LogP contribution >= 0.6 is 23.1 Å². The van der Waals surface area contributed by atoms with Crippen LogP contribution in [-0.2, 0) is 51.7 Å². The summed E-state index contributed by atoms with van der Waals surface area (Å²) in [7, 11) is -18.7. The number of nitriles is 1. The Bertz CT molecular complexity index is 4250. The quantitative estimate of drug-likeness (QED) is 0.0190. The van der Waals surface area contributed by atoms with E-state index in [0.29, 0.717) is 34.3 Å². The van der Waals surface area contributed by atoms with Gasteiger partial charge < -0.3 is 15.2 Å². The second kappa shape index (κ2) is 22.0. The molecule has 0 spiro atoms. The van der Waals surface area contributed by atoms with Crippen molar-refractivity contribution in [2.24, 2.45) is 30.7 Å². The molecule has 1 amide bonds. The first-order valence-electron chi connectivity index (χ1n) is 22.4. The molecule has 0 atom stereocenters. The van der Waals surface area contributed by atoms with Crippen LogP contribution in [-0.4, -0.2) is 101 Å². The monoisotopic (exact) mass is 1170 g/mol. The van der Waals surface area contributed by atoms with E-state index < -0.39 is 67.7 Å². The Hall–Kier alpha value is -7.19. The third-order valence-electron chi connectivity index (χ3n) is 11.3.